The van der Waals surface area contributed by atoms with Gasteiger partial charge in [0.2, 0.25) is 0 Å². The fourth-order valence-electron chi connectivity index (χ4n) is 6.01. The zero-order valence-corrected chi connectivity index (χ0v) is 24.7. The molecule has 1 atom stereocenters. The quantitative estimate of drug-likeness (QED) is 0.220. The molecule has 0 aliphatic carbocycles. The van der Waals surface area contributed by atoms with E-state index < -0.39 is 35.3 Å². The fraction of sp³-hybridized carbons (Fsp3) is 0.387. The summed E-state index contributed by atoms with van der Waals surface area (Å²) in [5.74, 6) is -3.11. The first-order valence-electron chi connectivity index (χ1n) is 15.4. The summed E-state index contributed by atoms with van der Waals surface area (Å²) in [5.41, 5.74) is 2.34. The minimum absolute atomic E-state index is 0.00753. The molecule has 5 aromatic rings. The molecule has 4 heterocycles. The summed E-state index contributed by atoms with van der Waals surface area (Å²) in [6.45, 7) is -1.75. The van der Waals surface area contributed by atoms with Crippen molar-refractivity contribution in [1.29, 1.82) is 0 Å². The smallest absolute Gasteiger partial charge is 0.278 e. The first-order valence-corrected chi connectivity index (χ1v) is 15.7. The molecule has 0 unspecified atom stereocenters. The highest BCUT2D eigenvalue weighted by Crippen LogP contribution is 2.45. The molecular weight excluding hydrogens is 576 g/mol. The van der Waals surface area contributed by atoms with E-state index in [-0.39, 0.29) is 38.9 Å². The van der Waals surface area contributed by atoms with Crippen LogP contribution < -0.4 is 4.74 Å². The molecule has 0 spiro atoms. The monoisotopic (exact) mass is 612 g/mol. The fourth-order valence-corrected chi connectivity index (χ4v) is 6.88. The number of pyridine rings is 1. The number of alkyl halides is 2. The predicted octanol–water partition coefficient (Wildman–Crippen LogP) is 5.75. The lowest BCUT2D eigenvalue weighted by molar-refractivity contribution is -0.0225. The number of benzene rings is 2. The molecule has 1 fully saturated rings. The number of aromatic nitrogens is 5. The van der Waals surface area contributed by atoms with Gasteiger partial charge in [0.1, 0.15) is 5.75 Å². The van der Waals surface area contributed by atoms with Gasteiger partial charge in [0.25, 0.3) is 5.92 Å². The third-order valence-corrected chi connectivity index (χ3v) is 8.95. The van der Waals surface area contributed by atoms with Gasteiger partial charge in [0.15, 0.2) is 16.4 Å². The van der Waals surface area contributed by atoms with E-state index >= 15 is 0 Å². The molecule has 0 amide bonds. The second kappa shape index (κ2) is 11.0. The second-order valence-corrected chi connectivity index (χ2v) is 13.1. The third kappa shape index (κ3) is 5.49. The van der Waals surface area contributed by atoms with Crippen molar-refractivity contribution < 1.29 is 30.8 Å². The van der Waals surface area contributed by atoms with Gasteiger partial charge in [-0.05, 0) is 49.4 Å². The Kier molecular flexibility index (Phi) is 6.53. The summed E-state index contributed by atoms with van der Waals surface area (Å²) in [5, 5.41) is 8.13. The van der Waals surface area contributed by atoms with Crippen LogP contribution in [0.15, 0.2) is 59.6 Å². The van der Waals surface area contributed by atoms with Crippen LogP contribution in [0, 0.1) is 12.8 Å². The van der Waals surface area contributed by atoms with Crippen LogP contribution in [0.5, 0.6) is 5.75 Å². The van der Waals surface area contributed by atoms with Crippen LogP contribution in [-0.2, 0) is 21.6 Å². The molecule has 2 aromatic carbocycles. The molecule has 0 radical (unpaired) electrons. The lowest BCUT2D eigenvalue weighted by Crippen LogP contribution is -2.27. The van der Waals surface area contributed by atoms with Crippen molar-refractivity contribution in [2.24, 2.45) is 13.0 Å². The Bertz CT molecular complexity index is 2020. The van der Waals surface area contributed by atoms with Crippen LogP contribution in [0.3, 0.4) is 0 Å². The largest absolute Gasteiger partial charge is 0.487 e. The Balaban J connectivity index is 1.77. The third-order valence-electron chi connectivity index (χ3n) is 7.82. The Hall–Kier alpha value is -3.90. The number of ether oxygens (including phenoxy) is 2. The lowest BCUT2D eigenvalue weighted by atomic mass is 9.86. The molecule has 0 bridgehead atoms. The van der Waals surface area contributed by atoms with Gasteiger partial charge in [0.05, 0.1) is 44.3 Å². The summed E-state index contributed by atoms with van der Waals surface area (Å²) in [6, 6.07) is 13.7. The molecule has 3 aromatic heterocycles. The minimum Gasteiger partial charge on any atom is -0.487 e. The van der Waals surface area contributed by atoms with E-state index in [2.05, 4.69) is 10.3 Å². The van der Waals surface area contributed by atoms with E-state index in [0.717, 1.165) is 18.7 Å². The van der Waals surface area contributed by atoms with E-state index in [1.54, 1.807) is 13.1 Å². The average molecular weight is 613 g/mol. The SMILES string of the molecule is [2H]C([2H])([2H])c1nnn(C)c1-c1cnc2c3c(OCC(C)(F)F)ccc(S(C)(=O)=O)c3n([C@H](c3ccccc3)C3CCOCC3)c2c1. The average Bonchev–Trinajstić information content (AvgIpc) is 3.55. The zero-order chi connectivity index (χ0) is 33.0. The summed E-state index contributed by atoms with van der Waals surface area (Å²) >= 11 is 0. The van der Waals surface area contributed by atoms with Gasteiger partial charge >= 0.3 is 0 Å². The maximum Gasteiger partial charge on any atom is 0.278 e. The standard InChI is InChI=1S/C31H33F2N5O4S/c1-19-28(37(3)36-35-19)22-16-23-27(34-17-22)26-24(42-18-31(2,32)33)10-11-25(43(4,39)40)30(26)38(23)29(20-8-6-5-7-9-20)21-12-14-41-15-13-21/h5-11,16-17,21,29H,12-15,18H2,1-4H3/t29-/m1/s1/i1D3. The first kappa shape index (κ1) is 25.6. The first-order chi connectivity index (χ1) is 21.6. The number of hydrogen-bond donors (Lipinski definition) is 0. The van der Waals surface area contributed by atoms with E-state index in [0.29, 0.717) is 42.7 Å². The highest BCUT2D eigenvalue weighted by Gasteiger charge is 2.34. The van der Waals surface area contributed by atoms with Gasteiger partial charge in [0, 0.05) is 49.3 Å². The maximum absolute atomic E-state index is 14.1. The van der Waals surface area contributed by atoms with Crippen LogP contribution >= 0.6 is 0 Å². The van der Waals surface area contributed by atoms with Gasteiger partial charge in [-0.25, -0.2) is 21.9 Å². The van der Waals surface area contributed by atoms with Crippen molar-refractivity contribution in [3.8, 4) is 17.0 Å². The van der Waals surface area contributed by atoms with Crippen molar-refractivity contribution >= 4 is 31.8 Å². The van der Waals surface area contributed by atoms with E-state index in [9.17, 15) is 17.2 Å². The summed E-state index contributed by atoms with van der Waals surface area (Å²) in [4.78, 5) is 4.72. The highest BCUT2D eigenvalue weighted by molar-refractivity contribution is 7.91. The molecule has 43 heavy (non-hydrogen) atoms. The summed E-state index contributed by atoms with van der Waals surface area (Å²) in [7, 11) is -2.29. The van der Waals surface area contributed by atoms with Crippen LogP contribution in [0.1, 0.15) is 41.2 Å². The van der Waals surface area contributed by atoms with Gasteiger partial charge in [-0.3, -0.25) is 4.98 Å². The number of halogens is 2. The normalized spacial score (nSPS) is 17.1. The molecular formula is C31H33F2N5O4S. The van der Waals surface area contributed by atoms with Crippen molar-refractivity contribution in [2.45, 2.75) is 43.5 Å². The second-order valence-electron chi connectivity index (χ2n) is 11.1. The molecule has 1 saturated heterocycles. The Labute approximate surface area is 252 Å². The Morgan fingerprint density at radius 2 is 1.93 bits per heavy atom. The number of fused-ring (bicyclic) bond motifs is 3. The molecule has 226 valence electrons. The van der Waals surface area contributed by atoms with Crippen molar-refractivity contribution in [1.82, 2.24) is 24.5 Å². The molecule has 0 N–H and O–H groups in total. The maximum atomic E-state index is 14.1. The van der Waals surface area contributed by atoms with Gasteiger partial charge in [-0.15, -0.1) is 5.10 Å². The number of hydrogen-bond acceptors (Lipinski definition) is 7. The van der Waals surface area contributed by atoms with E-state index in [1.807, 2.05) is 34.9 Å². The zero-order valence-electron chi connectivity index (χ0n) is 26.9. The number of sulfone groups is 1. The number of rotatable bonds is 8. The van der Waals surface area contributed by atoms with E-state index in [1.165, 1.54) is 23.0 Å². The molecule has 9 nitrogen and oxygen atoms in total. The molecule has 6 rings (SSSR count). The van der Waals surface area contributed by atoms with Gasteiger partial charge in [-0.1, -0.05) is 35.5 Å². The van der Waals surface area contributed by atoms with Crippen LogP contribution in [-0.4, -0.2) is 65.0 Å². The topological polar surface area (TPSA) is 101 Å². The van der Waals surface area contributed by atoms with Gasteiger partial charge in [-0.2, -0.15) is 0 Å². The van der Waals surface area contributed by atoms with E-state index in [4.69, 9.17) is 18.6 Å². The van der Waals surface area contributed by atoms with Crippen LogP contribution in [0.25, 0.3) is 33.2 Å². The Morgan fingerprint density at radius 1 is 1.19 bits per heavy atom. The Morgan fingerprint density at radius 3 is 2.60 bits per heavy atom. The predicted molar refractivity (Wildman–Crippen MR) is 159 cm³/mol. The summed E-state index contributed by atoms with van der Waals surface area (Å²) in [6.07, 6.45) is 3.90. The van der Waals surface area contributed by atoms with Crippen molar-refractivity contribution in [3.63, 3.8) is 0 Å². The minimum atomic E-state index is -3.87. The number of nitrogens with zero attached hydrogens (tertiary/aromatic N) is 5. The lowest BCUT2D eigenvalue weighted by Gasteiger charge is -2.33. The van der Waals surface area contributed by atoms with Gasteiger partial charge < -0.3 is 14.0 Å². The number of aryl methyl sites for hydroxylation is 2. The van der Waals surface area contributed by atoms with Crippen LogP contribution in [0.4, 0.5) is 8.78 Å². The molecule has 12 heteroatoms. The van der Waals surface area contributed by atoms with Crippen molar-refractivity contribution in [2.75, 3.05) is 26.1 Å². The molecule has 1 aliphatic heterocycles. The van der Waals surface area contributed by atoms with Crippen molar-refractivity contribution in [3.05, 3.63) is 66.0 Å². The van der Waals surface area contributed by atoms with Crippen LogP contribution in [0.2, 0.25) is 0 Å². The summed E-state index contributed by atoms with van der Waals surface area (Å²) < 4.78 is 93.6. The molecule has 0 saturated carbocycles. The molecule has 1 aliphatic rings. The highest BCUT2D eigenvalue weighted by atomic mass is 32.2.